The van der Waals surface area contributed by atoms with Crippen LogP contribution in [0.25, 0.3) is 11.1 Å². The summed E-state index contributed by atoms with van der Waals surface area (Å²) in [5.74, 6) is -0.207. The third-order valence-corrected chi connectivity index (χ3v) is 8.57. The van der Waals surface area contributed by atoms with Crippen LogP contribution in [0.4, 0.5) is 27.3 Å². The lowest BCUT2D eigenvalue weighted by Crippen LogP contribution is -2.55. The summed E-state index contributed by atoms with van der Waals surface area (Å²) in [6.45, 7) is 6.04. The topological polar surface area (TPSA) is 99.4 Å². The Morgan fingerprint density at radius 1 is 1.05 bits per heavy atom. The number of benzene rings is 2. The quantitative estimate of drug-likeness (QED) is 0.322. The van der Waals surface area contributed by atoms with Gasteiger partial charge in [0.05, 0.1) is 11.4 Å². The zero-order valence-corrected chi connectivity index (χ0v) is 24.0. The molecule has 212 valence electrons. The molecule has 10 heteroatoms. The van der Waals surface area contributed by atoms with Gasteiger partial charge in [-0.05, 0) is 69.6 Å². The van der Waals surface area contributed by atoms with Gasteiger partial charge in [-0.1, -0.05) is 36.9 Å². The molecule has 1 aromatic heterocycles. The minimum Gasteiger partial charge on any atom is -0.393 e. The smallest absolute Gasteiger partial charge is 0.251 e. The average Bonchev–Trinajstić information content (AvgIpc) is 2.94. The van der Waals surface area contributed by atoms with E-state index in [1.165, 1.54) is 18.8 Å². The molecular formula is C30H37ClFN7O. The molecule has 1 aliphatic heterocycles. The molecular weight excluding hydrogens is 529 g/mol. The normalized spacial score (nSPS) is 20.4. The fourth-order valence-electron chi connectivity index (χ4n) is 5.69. The van der Waals surface area contributed by atoms with Crippen molar-refractivity contribution in [3.63, 3.8) is 0 Å². The number of amides is 1. The summed E-state index contributed by atoms with van der Waals surface area (Å²) in [5, 5.41) is 6.60. The highest BCUT2D eigenvalue weighted by Crippen LogP contribution is 2.37. The first-order valence-electron chi connectivity index (χ1n) is 14.0. The van der Waals surface area contributed by atoms with Crippen LogP contribution in [0.5, 0.6) is 0 Å². The first-order valence-corrected chi connectivity index (χ1v) is 14.3. The Morgan fingerprint density at radius 3 is 2.50 bits per heavy atom. The van der Waals surface area contributed by atoms with Gasteiger partial charge in [0.2, 0.25) is 0 Å². The van der Waals surface area contributed by atoms with Gasteiger partial charge in [0.25, 0.3) is 5.91 Å². The maximum absolute atomic E-state index is 15.2. The molecule has 0 bridgehead atoms. The standard InChI is InChI=1S/C30H37ClFN7O/c1-18-15-39(16-19(2)38(18)3)26-12-10-20(14-25(26)37-29-27(33)28(31)34-17-35-29)23-13-21(9-11-24(23)32)30(40)36-22-7-5-4-6-8-22/h9-14,17-19,22H,4-8,15-16,33H2,1-3H3,(H,36,40)(H,34,35,37)/t18-,19+. The molecule has 0 radical (unpaired) electrons. The minimum absolute atomic E-state index is 0.153. The van der Waals surface area contributed by atoms with Crippen molar-refractivity contribution in [1.82, 2.24) is 20.2 Å². The summed E-state index contributed by atoms with van der Waals surface area (Å²) in [5.41, 5.74) is 9.47. The van der Waals surface area contributed by atoms with Crippen LogP contribution in [0.2, 0.25) is 5.15 Å². The Hall–Kier alpha value is -3.43. The Morgan fingerprint density at radius 2 is 1.77 bits per heavy atom. The second-order valence-electron chi connectivity index (χ2n) is 11.1. The first-order chi connectivity index (χ1) is 19.2. The second-order valence-corrected chi connectivity index (χ2v) is 11.4. The number of likely N-dealkylation sites (N-methyl/N-ethyl adjacent to an activating group) is 1. The van der Waals surface area contributed by atoms with Gasteiger partial charge in [-0.3, -0.25) is 9.69 Å². The summed E-state index contributed by atoms with van der Waals surface area (Å²) >= 11 is 6.17. The van der Waals surface area contributed by atoms with Crippen molar-refractivity contribution < 1.29 is 9.18 Å². The molecule has 2 fully saturated rings. The highest BCUT2D eigenvalue weighted by atomic mass is 35.5. The van der Waals surface area contributed by atoms with E-state index >= 15 is 4.39 Å². The lowest BCUT2D eigenvalue weighted by molar-refractivity contribution is 0.0927. The molecule has 2 aromatic carbocycles. The molecule has 8 nitrogen and oxygen atoms in total. The molecule has 3 aromatic rings. The van der Waals surface area contributed by atoms with Crippen LogP contribution in [0.1, 0.15) is 56.3 Å². The van der Waals surface area contributed by atoms with Crippen molar-refractivity contribution in [2.24, 2.45) is 0 Å². The minimum atomic E-state index is -0.403. The number of nitrogen functional groups attached to an aromatic ring is 1. The van der Waals surface area contributed by atoms with Gasteiger partial charge in [-0.25, -0.2) is 14.4 Å². The van der Waals surface area contributed by atoms with E-state index in [0.717, 1.165) is 44.5 Å². The van der Waals surface area contributed by atoms with Gasteiger partial charge in [-0.2, -0.15) is 0 Å². The average molecular weight is 566 g/mol. The van der Waals surface area contributed by atoms with Gasteiger partial charge >= 0.3 is 0 Å². The number of halogens is 2. The highest BCUT2D eigenvalue weighted by Gasteiger charge is 2.28. The van der Waals surface area contributed by atoms with Gasteiger partial charge in [-0.15, -0.1) is 0 Å². The lowest BCUT2D eigenvalue weighted by Gasteiger charge is -2.44. The third-order valence-electron chi connectivity index (χ3n) is 8.27. The predicted octanol–water partition coefficient (Wildman–Crippen LogP) is 5.85. The van der Waals surface area contributed by atoms with Crippen LogP contribution in [-0.4, -0.2) is 59.0 Å². The summed E-state index contributed by atoms with van der Waals surface area (Å²) in [4.78, 5) is 25.9. The van der Waals surface area contributed by atoms with Gasteiger partial charge in [0.15, 0.2) is 11.0 Å². The summed E-state index contributed by atoms with van der Waals surface area (Å²) in [6.07, 6.45) is 6.76. The van der Waals surface area contributed by atoms with Crippen molar-refractivity contribution in [2.45, 2.75) is 64.1 Å². The number of anilines is 4. The van der Waals surface area contributed by atoms with E-state index in [1.807, 2.05) is 18.2 Å². The highest BCUT2D eigenvalue weighted by molar-refractivity contribution is 6.32. The van der Waals surface area contributed by atoms with Crippen LogP contribution in [0.15, 0.2) is 42.7 Å². The van der Waals surface area contributed by atoms with Gasteiger partial charge < -0.3 is 21.3 Å². The first kappa shape index (κ1) is 28.1. The molecule has 2 aliphatic rings. The molecule has 40 heavy (non-hydrogen) atoms. The molecule has 5 rings (SSSR count). The fraction of sp³-hybridized carbons (Fsp3) is 0.433. The van der Waals surface area contributed by atoms with Crippen LogP contribution in [0.3, 0.4) is 0 Å². The van der Waals surface area contributed by atoms with Crippen molar-refractivity contribution >= 4 is 40.4 Å². The van der Waals surface area contributed by atoms with Crippen molar-refractivity contribution in [2.75, 3.05) is 36.1 Å². The van der Waals surface area contributed by atoms with Gasteiger partial charge in [0, 0.05) is 42.3 Å². The number of aromatic nitrogens is 2. The molecule has 2 heterocycles. The molecule has 0 unspecified atom stereocenters. The van der Waals surface area contributed by atoms with Crippen LogP contribution in [0, 0.1) is 5.82 Å². The SMILES string of the molecule is C[C@@H]1CN(c2ccc(-c3cc(C(=O)NC4CCCCC4)ccc3F)cc2Nc2ncnc(Cl)c2N)C[C@H](C)N1C. The summed E-state index contributed by atoms with van der Waals surface area (Å²) in [7, 11) is 2.14. The van der Waals surface area contributed by atoms with Crippen LogP contribution < -0.4 is 21.3 Å². The maximum atomic E-state index is 15.2. The monoisotopic (exact) mass is 565 g/mol. The number of nitrogens with zero attached hydrogens (tertiary/aromatic N) is 4. The van der Waals surface area contributed by atoms with E-state index in [1.54, 1.807) is 12.1 Å². The van der Waals surface area contributed by atoms with E-state index in [9.17, 15) is 4.79 Å². The van der Waals surface area contributed by atoms with E-state index < -0.39 is 5.82 Å². The molecule has 1 aliphatic carbocycles. The van der Waals surface area contributed by atoms with E-state index in [-0.39, 0.29) is 22.8 Å². The van der Waals surface area contributed by atoms with Crippen LogP contribution >= 0.6 is 11.6 Å². The second kappa shape index (κ2) is 12.0. The number of carbonyl (C=O) groups is 1. The van der Waals surface area contributed by atoms with E-state index in [2.05, 4.69) is 51.3 Å². The molecule has 4 N–H and O–H groups in total. The van der Waals surface area contributed by atoms with E-state index in [0.29, 0.717) is 40.3 Å². The lowest BCUT2D eigenvalue weighted by atomic mass is 9.95. The number of piperazine rings is 1. The number of hydrogen-bond donors (Lipinski definition) is 3. The molecule has 1 saturated carbocycles. The molecule has 2 atom stereocenters. The molecule has 0 spiro atoms. The van der Waals surface area contributed by atoms with Crippen molar-refractivity contribution in [3.8, 4) is 11.1 Å². The van der Waals surface area contributed by atoms with E-state index in [4.69, 9.17) is 17.3 Å². The number of carbonyl (C=O) groups excluding carboxylic acids is 1. The van der Waals surface area contributed by atoms with Gasteiger partial charge in [0.1, 0.15) is 17.8 Å². The van der Waals surface area contributed by atoms with Crippen molar-refractivity contribution in [1.29, 1.82) is 0 Å². The Balaban J connectivity index is 1.51. The zero-order valence-electron chi connectivity index (χ0n) is 23.3. The number of hydrogen-bond acceptors (Lipinski definition) is 7. The predicted molar refractivity (Wildman–Crippen MR) is 160 cm³/mol. The summed E-state index contributed by atoms with van der Waals surface area (Å²) in [6, 6.07) is 11.1. The summed E-state index contributed by atoms with van der Waals surface area (Å²) < 4.78 is 15.2. The fourth-order valence-corrected chi connectivity index (χ4v) is 5.82. The third kappa shape index (κ3) is 6.00. The largest absolute Gasteiger partial charge is 0.393 e. The molecule has 1 saturated heterocycles. The number of nitrogens with two attached hydrogens (primary N) is 1. The number of rotatable bonds is 6. The molecule has 1 amide bonds. The van der Waals surface area contributed by atoms with Crippen molar-refractivity contribution in [3.05, 3.63) is 59.3 Å². The number of nitrogens with one attached hydrogen (secondary N) is 2. The maximum Gasteiger partial charge on any atom is 0.251 e. The van der Waals surface area contributed by atoms with Crippen LogP contribution in [-0.2, 0) is 0 Å². The Kier molecular flexibility index (Phi) is 8.42. The Bertz CT molecular complexity index is 1370. The zero-order chi connectivity index (χ0) is 28.4. The Labute approximate surface area is 240 Å².